The van der Waals surface area contributed by atoms with E-state index in [9.17, 15) is 13.6 Å². The predicted octanol–water partition coefficient (Wildman–Crippen LogP) is 1.76. The molecule has 0 aromatic carbocycles. The van der Waals surface area contributed by atoms with Crippen molar-refractivity contribution in [1.29, 1.82) is 0 Å². The van der Waals surface area contributed by atoms with Gasteiger partial charge < -0.3 is 15.8 Å². The van der Waals surface area contributed by atoms with Crippen LogP contribution in [0.25, 0.3) is 0 Å². The zero-order chi connectivity index (χ0) is 14.3. The van der Waals surface area contributed by atoms with Gasteiger partial charge in [0.1, 0.15) is 6.61 Å². The first kappa shape index (κ1) is 16.2. The number of halogens is 2. The van der Waals surface area contributed by atoms with Crippen molar-refractivity contribution in [3.05, 3.63) is 0 Å². The Kier molecular flexibility index (Phi) is 6.57. The van der Waals surface area contributed by atoms with E-state index >= 15 is 0 Å². The number of alkyl halides is 2. The molecule has 0 aliphatic heterocycles. The summed E-state index contributed by atoms with van der Waals surface area (Å²) in [7, 11) is 0. The van der Waals surface area contributed by atoms with Crippen LogP contribution in [0.5, 0.6) is 0 Å². The number of ether oxygens (including phenoxy) is 1. The number of amides is 1. The molecule has 0 bridgehead atoms. The highest BCUT2D eigenvalue weighted by atomic mass is 32.1. The monoisotopic (exact) mass is 294 g/mol. The van der Waals surface area contributed by atoms with Gasteiger partial charge in [-0.2, -0.15) is 0 Å². The van der Waals surface area contributed by atoms with Crippen molar-refractivity contribution < 1.29 is 18.3 Å². The van der Waals surface area contributed by atoms with Gasteiger partial charge in [-0.1, -0.05) is 31.5 Å². The Morgan fingerprint density at radius 3 is 2.53 bits per heavy atom. The first-order chi connectivity index (χ1) is 8.96. The van der Waals surface area contributed by atoms with E-state index in [2.05, 4.69) is 10.1 Å². The van der Waals surface area contributed by atoms with Crippen LogP contribution in [0.4, 0.5) is 8.78 Å². The van der Waals surface area contributed by atoms with E-state index in [1.807, 2.05) is 0 Å². The molecule has 110 valence electrons. The van der Waals surface area contributed by atoms with Crippen LogP contribution in [-0.4, -0.2) is 36.1 Å². The van der Waals surface area contributed by atoms with Gasteiger partial charge in [0.2, 0.25) is 5.91 Å². The Labute approximate surface area is 117 Å². The van der Waals surface area contributed by atoms with E-state index in [0.29, 0.717) is 4.99 Å². The first-order valence-electron chi connectivity index (χ1n) is 6.43. The van der Waals surface area contributed by atoms with Crippen LogP contribution in [0.2, 0.25) is 0 Å². The van der Waals surface area contributed by atoms with Gasteiger partial charge in [0.05, 0.1) is 17.1 Å². The topological polar surface area (TPSA) is 64.3 Å². The van der Waals surface area contributed by atoms with Crippen molar-refractivity contribution >= 4 is 23.1 Å². The number of rotatable bonds is 7. The minimum Gasteiger partial charge on any atom is -0.391 e. The van der Waals surface area contributed by atoms with Crippen LogP contribution in [0.15, 0.2) is 0 Å². The summed E-state index contributed by atoms with van der Waals surface area (Å²) in [6.07, 6.45) is 2.07. The summed E-state index contributed by atoms with van der Waals surface area (Å²) in [6, 6.07) is 0. The fraction of sp³-hybridized carbons (Fsp3) is 0.833. The molecule has 1 saturated carbocycles. The molecule has 0 atom stereocenters. The Bertz CT molecular complexity index is 321. The van der Waals surface area contributed by atoms with Crippen LogP contribution in [0, 0.1) is 0 Å². The van der Waals surface area contributed by atoms with Crippen molar-refractivity contribution in [3.8, 4) is 0 Å². The fourth-order valence-corrected chi connectivity index (χ4v) is 2.51. The lowest BCUT2D eigenvalue weighted by Gasteiger charge is -2.37. The summed E-state index contributed by atoms with van der Waals surface area (Å²) in [5, 5.41) is 2.85. The summed E-state index contributed by atoms with van der Waals surface area (Å²) in [6.45, 7) is -0.669. The highest BCUT2D eigenvalue weighted by Crippen LogP contribution is 2.28. The van der Waals surface area contributed by atoms with Crippen LogP contribution in [-0.2, 0) is 9.53 Å². The molecule has 0 aromatic rings. The molecule has 0 unspecified atom stereocenters. The van der Waals surface area contributed by atoms with Crippen molar-refractivity contribution in [2.75, 3.05) is 13.2 Å². The van der Waals surface area contributed by atoms with Crippen molar-refractivity contribution in [3.63, 3.8) is 0 Å². The Morgan fingerprint density at radius 2 is 2.00 bits per heavy atom. The molecule has 0 aromatic heterocycles. The van der Waals surface area contributed by atoms with Crippen LogP contribution >= 0.6 is 12.2 Å². The summed E-state index contributed by atoms with van der Waals surface area (Å²) in [5.74, 6) is -0.260. The standard InChI is InChI=1S/C12H20F2N2O2S/c13-9(14)8-18-7-4-10(17)16-12(11(15)19)5-2-1-3-6-12/h9H,1-8H2,(H2,15,19)(H,16,17). The van der Waals surface area contributed by atoms with Crippen molar-refractivity contribution in [2.45, 2.75) is 50.5 Å². The number of carbonyl (C=O) groups excluding carboxylic acids is 1. The second-order valence-electron chi connectivity index (χ2n) is 4.77. The molecule has 0 radical (unpaired) electrons. The minimum atomic E-state index is -2.51. The molecule has 1 rings (SSSR count). The summed E-state index contributed by atoms with van der Waals surface area (Å²) in [4.78, 5) is 12.1. The molecular weight excluding hydrogens is 274 g/mol. The second kappa shape index (κ2) is 7.69. The normalized spacial score (nSPS) is 18.3. The summed E-state index contributed by atoms with van der Waals surface area (Å²) >= 11 is 5.05. The van der Waals surface area contributed by atoms with Gasteiger partial charge in [-0.05, 0) is 12.8 Å². The molecule has 19 heavy (non-hydrogen) atoms. The molecule has 4 nitrogen and oxygen atoms in total. The van der Waals surface area contributed by atoms with Gasteiger partial charge in [-0.3, -0.25) is 4.79 Å². The van der Waals surface area contributed by atoms with E-state index in [0.717, 1.165) is 32.1 Å². The second-order valence-corrected chi connectivity index (χ2v) is 5.21. The predicted molar refractivity (Wildman–Crippen MR) is 72.2 cm³/mol. The Hall–Kier alpha value is -0.820. The molecular formula is C12H20F2N2O2S. The van der Waals surface area contributed by atoms with E-state index < -0.39 is 18.6 Å². The molecule has 1 amide bonds. The largest absolute Gasteiger partial charge is 0.391 e. The molecule has 1 aliphatic carbocycles. The number of hydrogen-bond acceptors (Lipinski definition) is 3. The molecule has 0 saturated heterocycles. The Balaban J connectivity index is 2.37. The summed E-state index contributed by atoms with van der Waals surface area (Å²) in [5.41, 5.74) is 5.13. The van der Waals surface area contributed by atoms with E-state index in [4.69, 9.17) is 18.0 Å². The third-order valence-corrected chi connectivity index (χ3v) is 3.67. The average Bonchev–Trinajstić information content (AvgIpc) is 2.35. The lowest BCUT2D eigenvalue weighted by molar-refractivity contribution is -0.124. The molecule has 7 heteroatoms. The number of hydrogen-bond donors (Lipinski definition) is 2. The third-order valence-electron chi connectivity index (χ3n) is 3.27. The average molecular weight is 294 g/mol. The van der Waals surface area contributed by atoms with Crippen molar-refractivity contribution in [2.24, 2.45) is 5.73 Å². The lowest BCUT2D eigenvalue weighted by Crippen LogP contribution is -2.57. The molecule has 3 N–H and O–H groups in total. The quantitative estimate of drug-likeness (QED) is 0.555. The molecule has 1 aliphatic rings. The lowest BCUT2D eigenvalue weighted by atomic mass is 9.81. The van der Waals surface area contributed by atoms with Gasteiger partial charge in [0.15, 0.2) is 0 Å². The number of nitrogens with two attached hydrogens (primary N) is 1. The minimum absolute atomic E-state index is 0.0242. The number of nitrogens with one attached hydrogen (secondary N) is 1. The van der Waals surface area contributed by atoms with Crippen LogP contribution < -0.4 is 11.1 Å². The first-order valence-corrected chi connectivity index (χ1v) is 6.84. The van der Waals surface area contributed by atoms with E-state index in [-0.39, 0.29) is 18.9 Å². The van der Waals surface area contributed by atoms with Crippen LogP contribution in [0.1, 0.15) is 38.5 Å². The number of thiocarbonyl (C=S) groups is 1. The summed E-state index contributed by atoms with van der Waals surface area (Å²) < 4.78 is 28.4. The van der Waals surface area contributed by atoms with E-state index in [1.165, 1.54) is 0 Å². The maximum atomic E-state index is 11.8. The van der Waals surface area contributed by atoms with Gasteiger partial charge in [0.25, 0.3) is 6.43 Å². The zero-order valence-electron chi connectivity index (χ0n) is 10.8. The van der Waals surface area contributed by atoms with Crippen LogP contribution in [0.3, 0.4) is 0 Å². The maximum absolute atomic E-state index is 11.8. The molecule has 0 spiro atoms. The van der Waals surface area contributed by atoms with E-state index in [1.54, 1.807) is 0 Å². The van der Waals surface area contributed by atoms with Crippen molar-refractivity contribution in [1.82, 2.24) is 5.32 Å². The van der Waals surface area contributed by atoms with Gasteiger partial charge in [0, 0.05) is 6.42 Å². The van der Waals surface area contributed by atoms with Gasteiger partial charge >= 0.3 is 0 Å². The third kappa shape index (κ3) is 5.36. The van der Waals surface area contributed by atoms with Gasteiger partial charge in [-0.15, -0.1) is 0 Å². The SMILES string of the molecule is NC(=S)C1(NC(=O)CCOCC(F)F)CCCCC1. The molecule has 0 heterocycles. The smallest absolute Gasteiger partial charge is 0.261 e. The Morgan fingerprint density at radius 1 is 1.37 bits per heavy atom. The fourth-order valence-electron chi connectivity index (χ4n) is 2.25. The highest BCUT2D eigenvalue weighted by molar-refractivity contribution is 7.80. The van der Waals surface area contributed by atoms with Gasteiger partial charge in [-0.25, -0.2) is 8.78 Å². The highest BCUT2D eigenvalue weighted by Gasteiger charge is 2.36. The molecule has 1 fully saturated rings. The maximum Gasteiger partial charge on any atom is 0.261 e. The number of carbonyl (C=O) groups is 1. The zero-order valence-corrected chi connectivity index (χ0v) is 11.6.